The molecule has 0 spiro atoms. The Balaban J connectivity index is 1.87. The van der Waals surface area contributed by atoms with Gasteiger partial charge in [-0.15, -0.1) is 11.6 Å². The highest BCUT2D eigenvalue weighted by molar-refractivity contribution is 6.20. The van der Waals surface area contributed by atoms with Crippen molar-refractivity contribution in [1.82, 2.24) is 0 Å². The van der Waals surface area contributed by atoms with Crippen LogP contribution < -0.4 is 4.74 Å². The van der Waals surface area contributed by atoms with E-state index in [0.717, 1.165) is 37.2 Å². The number of hydrogen-bond donors (Lipinski definition) is 0. The normalized spacial score (nSPS) is 23.8. The zero-order chi connectivity index (χ0) is 13.8. The standard InChI is InChI=1S/C16H23ClO2/c1-4-19-14-8-12(9-14)10-15(17)13-5-6-16(18-3)11(2)7-13/h5-7,12,14-15H,4,8-10H2,1-3H3. The summed E-state index contributed by atoms with van der Waals surface area (Å²) in [6.07, 6.45) is 3.83. The molecule has 0 bridgehead atoms. The summed E-state index contributed by atoms with van der Waals surface area (Å²) in [6.45, 7) is 4.93. The van der Waals surface area contributed by atoms with E-state index in [9.17, 15) is 0 Å². The molecule has 1 saturated carbocycles. The average molecular weight is 283 g/mol. The average Bonchev–Trinajstić information content (AvgIpc) is 2.36. The Bertz CT molecular complexity index is 413. The number of rotatable bonds is 6. The van der Waals surface area contributed by atoms with Crippen LogP contribution in [0.5, 0.6) is 5.75 Å². The van der Waals surface area contributed by atoms with Crippen molar-refractivity contribution in [2.75, 3.05) is 13.7 Å². The van der Waals surface area contributed by atoms with E-state index in [-0.39, 0.29) is 5.38 Å². The van der Waals surface area contributed by atoms with Gasteiger partial charge in [0.15, 0.2) is 0 Å². The molecule has 0 saturated heterocycles. The van der Waals surface area contributed by atoms with E-state index in [2.05, 4.69) is 26.0 Å². The van der Waals surface area contributed by atoms with Crippen LogP contribution in [0.1, 0.15) is 42.7 Å². The number of hydrogen-bond acceptors (Lipinski definition) is 2. The van der Waals surface area contributed by atoms with Gasteiger partial charge >= 0.3 is 0 Å². The topological polar surface area (TPSA) is 18.5 Å². The Morgan fingerprint density at radius 2 is 2.11 bits per heavy atom. The second-order valence-electron chi connectivity index (χ2n) is 5.35. The minimum atomic E-state index is 0.0946. The molecule has 1 aromatic carbocycles. The number of benzene rings is 1. The lowest BCUT2D eigenvalue weighted by Crippen LogP contribution is -2.31. The highest BCUT2D eigenvalue weighted by Gasteiger charge is 2.31. The molecule has 1 fully saturated rings. The molecule has 1 aliphatic rings. The summed E-state index contributed by atoms with van der Waals surface area (Å²) in [5.74, 6) is 1.63. The smallest absolute Gasteiger partial charge is 0.121 e. The van der Waals surface area contributed by atoms with Crippen LogP contribution in [0.3, 0.4) is 0 Å². The molecular weight excluding hydrogens is 260 g/mol. The van der Waals surface area contributed by atoms with Crippen molar-refractivity contribution in [2.45, 2.75) is 44.6 Å². The second-order valence-corrected chi connectivity index (χ2v) is 5.87. The van der Waals surface area contributed by atoms with Crippen molar-refractivity contribution < 1.29 is 9.47 Å². The number of alkyl halides is 1. The maximum Gasteiger partial charge on any atom is 0.121 e. The largest absolute Gasteiger partial charge is 0.496 e. The summed E-state index contributed by atoms with van der Waals surface area (Å²) >= 11 is 6.52. The predicted octanol–water partition coefficient (Wildman–Crippen LogP) is 4.49. The van der Waals surface area contributed by atoms with Gasteiger partial charge in [0, 0.05) is 6.61 Å². The highest BCUT2D eigenvalue weighted by atomic mass is 35.5. The number of halogens is 1. The molecule has 1 unspecified atom stereocenters. The van der Waals surface area contributed by atoms with Crippen LogP contribution in [0.25, 0.3) is 0 Å². The summed E-state index contributed by atoms with van der Waals surface area (Å²) in [6, 6.07) is 6.21. The van der Waals surface area contributed by atoms with Crippen LogP contribution >= 0.6 is 11.6 Å². The Labute approximate surface area is 121 Å². The van der Waals surface area contributed by atoms with Crippen molar-refractivity contribution in [3.8, 4) is 5.75 Å². The van der Waals surface area contributed by atoms with Gasteiger partial charge in [-0.3, -0.25) is 0 Å². The van der Waals surface area contributed by atoms with Crippen LogP contribution in [0.15, 0.2) is 18.2 Å². The van der Waals surface area contributed by atoms with E-state index in [1.54, 1.807) is 7.11 Å². The third-order valence-corrected chi connectivity index (χ3v) is 4.35. The molecule has 106 valence electrons. The Morgan fingerprint density at radius 1 is 1.37 bits per heavy atom. The first-order chi connectivity index (χ1) is 9.13. The van der Waals surface area contributed by atoms with Gasteiger partial charge in [-0.2, -0.15) is 0 Å². The lowest BCUT2D eigenvalue weighted by Gasteiger charge is -2.36. The van der Waals surface area contributed by atoms with E-state index < -0.39 is 0 Å². The van der Waals surface area contributed by atoms with Gasteiger partial charge in [-0.25, -0.2) is 0 Å². The van der Waals surface area contributed by atoms with Crippen molar-refractivity contribution in [3.05, 3.63) is 29.3 Å². The molecule has 0 radical (unpaired) electrons. The van der Waals surface area contributed by atoms with Crippen LogP contribution in [0.4, 0.5) is 0 Å². The molecule has 0 aromatic heterocycles. The zero-order valence-corrected chi connectivity index (χ0v) is 12.7. The Morgan fingerprint density at radius 3 is 2.68 bits per heavy atom. The molecule has 1 atom stereocenters. The first-order valence-corrected chi connectivity index (χ1v) is 7.47. The lowest BCUT2D eigenvalue weighted by molar-refractivity contribution is -0.0267. The van der Waals surface area contributed by atoms with Crippen molar-refractivity contribution in [2.24, 2.45) is 5.92 Å². The van der Waals surface area contributed by atoms with Crippen LogP contribution in [0, 0.1) is 12.8 Å². The van der Waals surface area contributed by atoms with Crippen molar-refractivity contribution in [1.29, 1.82) is 0 Å². The van der Waals surface area contributed by atoms with E-state index >= 15 is 0 Å². The van der Waals surface area contributed by atoms with E-state index in [4.69, 9.17) is 21.1 Å². The minimum absolute atomic E-state index is 0.0946. The molecule has 0 N–H and O–H groups in total. The van der Waals surface area contributed by atoms with Gasteiger partial charge in [0.1, 0.15) is 5.75 Å². The Kier molecular flexibility index (Phi) is 5.12. The summed E-state index contributed by atoms with van der Waals surface area (Å²) in [4.78, 5) is 0. The maximum atomic E-state index is 6.52. The first kappa shape index (κ1) is 14.7. The minimum Gasteiger partial charge on any atom is -0.496 e. The molecule has 1 aliphatic carbocycles. The fourth-order valence-corrected chi connectivity index (χ4v) is 3.15. The zero-order valence-electron chi connectivity index (χ0n) is 12.0. The molecule has 1 aromatic rings. The molecule has 3 heteroatoms. The van der Waals surface area contributed by atoms with Gasteiger partial charge in [-0.05, 0) is 56.2 Å². The van der Waals surface area contributed by atoms with Gasteiger partial charge < -0.3 is 9.47 Å². The van der Waals surface area contributed by atoms with Crippen LogP contribution in [-0.2, 0) is 4.74 Å². The SMILES string of the molecule is CCOC1CC(CC(Cl)c2ccc(OC)c(C)c2)C1. The summed E-state index contributed by atoms with van der Waals surface area (Å²) in [7, 11) is 1.70. The summed E-state index contributed by atoms with van der Waals surface area (Å²) in [5, 5.41) is 0.0946. The fourth-order valence-electron chi connectivity index (χ4n) is 2.76. The Hall–Kier alpha value is -0.730. The fraction of sp³-hybridized carbons (Fsp3) is 0.625. The molecule has 0 amide bonds. The van der Waals surface area contributed by atoms with E-state index in [1.165, 1.54) is 5.56 Å². The van der Waals surface area contributed by atoms with Gasteiger partial charge in [0.2, 0.25) is 0 Å². The lowest BCUT2D eigenvalue weighted by atomic mass is 9.78. The highest BCUT2D eigenvalue weighted by Crippen LogP contribution is 2.40. The van der Waals surface area contributed by atoms with Gasteiger partial charge in [0.25, 0.3) is 0 Å². The van der Waals surface area contributed by atoms with E-state index in [0.29, 0.717) is 12.0 Å². The van der Waals surface area contributed by atoms with Crippen molar-refractivity contribution >= 4 is 11.6 Å². The molecular formula is C16H23ClO2. The van der Waals surface area contributed by atoms with Crippen LogP contribution in [0.2, 0.25) is 0 Å². The summed E-state index contributed by atoms with van der Waals surface area (Å²) in [5.41, 5.74) is 2.34. The van der Waals surface area contributed by atoms with Gasteiger partial charge in [-0.1, -0.05) is 12.1 Å². The maximum absolute atomic E-state index is 6.52. The monoisotopic (exact) mass is 282 g/mol. The molecule has 0 aliphatic heterocycles. The molecule has 2 nitrogen and oxygen atoms in total. The number of ether oxygens (including phenoxy) is 2. The summed E-state index contributed by atoms with van der Waals surface area (Å²) < 4.78 is 10.9. The first-order valence-electron chi connectivity index (χ1n) is 7.04. The molecule has 19 heavy (non-hydrogen) atoms. The number of methoxy groups -OCH3 is 1. The quantitative estimate of drug-likeness (QED) is 0.716. The third-order valence-electron chi connectivity index (χ3n) is 3.92. The van der Waals surface area contributed by atoms with Crippen LogP contribution in [-0.4, -0.2) is 19.8 Å². The van der Waals surface area contributed by atoms with Gasteiger partial charge in [0.05, 0.1) is 18.6 Å². The van der Waals surface area contributed by atoms with E-state index in [1.807, 2.05) is 6.07 Å². The third kappa shape index (κ3) is 3.64. The predicted molar refractivity (Wildman–Crippen MR) is 79.1 cm³/mol. The number of aryl methyl sites for hydroxylation is 1. The van der Waals surface area contributed by atoms with Crippen molar-refractivity contribution in [3.63, 3.8) is 0 Å². The molecule has 0 heterocycles. The molecule has 2 rings (SSSR count). The second kappa shape index (κ2) is 6.62.